The third-order valence-electron chi connectivity index (χ3n) is 0.488. The Bertz CT molecular complexity index is 50.1. The zero-order valence-corrected chi connectivity index (χ0v) is 6.75. The molecule has 0 N–H and O–H groups in total. The van der Waals surface area contributed by atoms with Crippen LogP contribution >= 0.6 is 11.1 Å². The summed E-state index contributed by atoms with van der Waals surface area (Å²) in [6.07, 6.45) is 0. The summed E-state index contributed by atoms with van der Waals surface area (Å²) in [5.41, 5.74) is 0. The first-order chi connectivity index (χ1) is 3.06. The maximum Gasteiger partial charge on any atom is 0.283 e. The molecule has 0 heterocycles. The van der Waals surface area contributed by atoms with Gasteiger partial charge in [0.05, 0.1) is 0 Å². The van der Waals surface area contributed by atoms with Crippen molar-refractivity contribution in [1.29, 1.82) is 0 Å². The first-order valence-electron chi connectivity index (χ1n) is 2.39. The van der Waals surface area contributed by atoms with Gasteiger partial charge in [0.25, 0.3) is 7.63 Å². The van der Waals surface area contributed by atoms with E-state index in [1.165, 1.54) is 0 Å². The molecule has 0 aromatic heterocycles. The molecule has 7 heavy (non-hydrogen) atoms. The van der Waals surface area contributed by atoms with E-state index in [2.05, 4.69) is 0 Å². The third-order valence-corrected chi connectivity index (χ3v) is 1.79. The van der Waals surface area contributed by atoms with Crippen molar-refractivity contribution in [2.45, 2.75) is 20.0 Å². The Kier molecular flexibility index (Phi) is 2.88. The molecule has 0 aliphatic rings. The molecule has 0 aromatic rings. The minimum Gasteiger partial charge on any atom is -0.404 e. The molecule has 0 atom stereocenters. The number of halogens is 1. The molecule has 0 fully saturated rings. The molecule has 0 saturated heterocycles. The molecule has 0 spiro atoms. The van der Waals surface area contributed by atoms with Crippen molar-refractivity contribution in [3.63, 3.8) is 0 Å². The van der Waals surface area contributed by atoms with Crippen molar-refractivity contribution in [3.05, 3.63) is 0 Å². The normalized spacial score (nSPS) is 12.0. The molecule has 0 saturated carbocycles. The summed E-state index contributed by atoms with van der Waals surface area (Å²) in [6.45, 7) is 6.61. The molecule has 0 amide bonds. The van der Waals surface area contributed by atoms with Crippen molar-refractivity contribution in [2.24, 2.45) is 0 Å². The van der Waals surface area contributed by atoms with E-state index in [-0.39, 0.29) is 0 Å². The Balaban J connectivity index is 3.15. The Morgan fingerprint density at radius 1 is 1.57 bits per heavy atom. The van der Waals surface area contributed by atoms with Crippen molar-refractivity contribution in [2.75, 3.05) is 6.61 Å². The van der Waals surface area contributed by atoms with Crippen molar-refractivity contribution in [3.8, 4) is 0 Å². The van der Waals surface area contributed by atoms with Crippen LogP contribution in [-0.2, 0) is 4.43 Å². The highest BCUT2D eigenvalue weighted by Gasteiger charge is 2.15. The minimum atomic E-state index is -1.68. The average Bonchev–Trinajstić information content (AvgIpc) is 1.30. The van der Waals surface area contributed by atoms with Gasteiger partial charge in [-0.2, -0.15) is 0 Å². The first-order valence-corrected chi connectivity index (χ1v) is 6.31. The summed E-state index contributed by atoms with van der Waals surface area (Å²) in [6, 6.07) is 0. The molecular formula is C4H11ClOSi. The largest absolute Gasteiger partial charge is 0.404 e. The fraction of sp³-hybridized carbons (Fsp3) is 1.00. The molecule has 0 aliphatic heterocycles. The van der Waals surface area contributed by atoms with E-state index in [0.717, 1.165) is 6.61 Å². The van der Waals surface area contributed by atoms with Gasteiger partial charge in [-0.3, -0.25) is 0 Å². The van der Waals surface area contributed by atoms with Gasteiger partial charge < -0.3 is 4.43 Å². The predicted octanol–water partition coefficient (Wildman–Crippen LogP) is 1.96. The van der Waals surface area contributed by atoms with Crippen LogP contribution in [0.15, 0.2) is 0 Å². The fourth-order valence-electron chi connectivity index (χ4n) is 0.343. The van der Waals surface area contributed by atoms with Gasteiger partial charge in [-0.05, 0) is 20.0 Å². The monoisotopic (exact) mass is 138 g/mol. The van der Waals surface area contributed by atoms with Gasteiger partial charge in [0.2, 0.25) is 0 Å². The van der Waals surface area contributed by atoms with Crippen LogP contribution in [0.25, 0.3) is 0 Å². The van der Waals surface area contributed by atoms with Crippen LogP contribution in [0.2, 0.25) is 13.1 Å². The van der Waals surface area contributed by atoms with Gasteiger partial charge in [-0.1, -0.05) is 0 Å². The second kappa shape index (κ2) is 2.70. The molecule has 0 radical (unpaired) electrons. The van der Waals surface area contributed by atoms with E-state index in [1.807, 2.05) is 20.0 Å². The van der Waals surface area contributed by atoms with Crippen molar-refractivity contribution < 1.29 is 4.43 Å². The highest BCUT2D eigenvalue weighted by Crippen LogP contribution is 2.07. The number of rotatable bonds is 2. The SMILES string of the molecule is CCO[Si](C)(C)Cl. The Morgan fingerprint density at radius 2 is 2.00 bits per heavy atom. The van der Waals surface area contributed by atoms with Gasteiger partial charge >= 0.3 is 0 Å². The maximum absolute atomic E-state index is 5.75. The first kappa shape index (κ1) is 7.47. The van der Waals surface area contributed by atoms with E-state index < -0.39 is 7.63 Å². The van der Waals surface area contributed by atoms with E-state index in [0.29, 0.717) is 0 Å². The standard InChI is InChI=1S/C4H11ClOSi/c1-4-6-7(2,3)5/h4H2,1-3H3. The van der Waals surface area contributed by atoms with Crippen molar-refractivity contribution in [1.82, 2.24) is 0 Å². The summed E-state index contributed by atoms with van der Waals surface area (Å²) in [5.74, 6) is 0. The van der Waals surface area contributed by atoms with Crippen LogP contribution in [0.5, 0.6) is 0 Å². The van der Waals surface area contributed by atoms with Crippen LogP contribution in [0.3, 0.4) is 0 Å². The topological polar surface area (TPSA) is 9.23 Å². The molecule has 0 unspecified atom stereocenters. The minimum absolute atomic E-state index is 0.739. The fourth-order valence-corrected chi connectivity index (χ4v) is 1.36. The highest BCUT2D eigenvalue weighted by atomic mass is 35.6. The van der Waals surface area contributed by atoms with E-state index in [1.54, 1.807) is 0 Å². The summed E-state index contributed by atoms with van der Waals surface area (Å²) in [5, 5.41) is 0. The number of hydrogen-bond acceptors (Lipinski definition) is 1. The summed E-state index contributed by atoms with van der Waals surface area (Å²) < 4.78 is 5.13. The lowest BCUT2D eigenvalue weighted by molar-refractivity contribution is 0.344. The maximum atomic E-state index is 5.75. The quantitative estimate of drug-likeness (QED) is 0.419. The molecular weight excluding hydrogens is 128 g/mol. The van der Waals surface area contributed by atoms with Gasteiger partial charge in [0.15, 0.2) is 0 Å². The lowest BCUT2D eigenvalue weighted by atomic mass is 10.9. The smallest absolute Gasteiger partial charge is 0.283 e. The summed E-state index contributed by atoms with van der Waals surface area (Å²) in [4.78, 5) is 0. The molecule has 1 nitrogen and oxygen atoms in total. The van der Waals surface area contributed by atoms with Crippen LogP contribution in [0.4, 0.5) is 0 Å². The Labute approximate surface area is 50.5 Å². The molecule has 0 rings (SSSR count). The zero-order chi connectivity index (χ0) is 5.91. The zero-order valence-electron chi connectivity index (χ0n) is 4.99. The van der Waals surface area contributed by atoms with Gasteiger partial charge in [-0.25, -0.2) is 0 Å². The summed E-state index contributed by atoms with van der Waals surface area (Å²) in [7, 11) is -1.68. The van der Waals surface area contributed by atoms with E-state index >= 15 is 0 Å². The molecule has 3 heteroatoms. The van der Waals surface area contributed by atoms with E-state index in [9.17, 15) is 0 Å². The second-order valence-corrected chi connectivity index (χ2v) is 7.54. The molecule has 44 valence electrons. The predicted molar refractivity (Wildman–Crippen MR) is 35.0 cm³/mol. The second-order valence-electron chi connectivity index (χ2n) is 1.80. The molecule has 0 aliphatic carbocycles. The van der Waals surface area contributed by atoms with Crippen LogP contribution in [-0.4, -0.2) is 14.2 Å². The molecule has 0 bridgehead atoms. The third kappa shape index (κ3) is 6.47. The molecule has 0 aromatic carbocycles. The van der Waals surface area contributed by atoms with Gasteiger partial charge in [-0.15, -0.1) is 11.1 Å². The average molecular weight is 139 g/mol. The van der Waals surface area contributed by atoms with Crippen LogP contribution in [0, 0.1) is 0 Å². The lowest BCUT2D eigenvalue weighted by Gasteiger charge is -2.10. The highest BCUT2D eigenvalue weighted by molar-refractivity contribution is 7.15. The van der Waals surface area contributed by atoms with Crippen molar-refractivity contribution >= 4 is 18.7 Å². The lowest BCUT2D eigenvalue weighted by Crippen LogP contribution is -2.21. The Hall–Kier alpha value is 0.467. The van der Waals surface area contributed by atoms with Gasteiger partial charge in [0.1, 0.15) is 0 Å². The summed E-state index contributed by atoms with van der Waals surface area (Å²) >= 11 is 5.75. The van der Waals surface area contributed by atoms with Crippen LogP contribution < -0.4 is 0 Å². The van der Waals surface area contributed by atoms with Crippen LogP contribution in [0.1, 0.15) is 6.92 Å². The van der Waals surface area contributed by atoms with E-state index in [4.69, 9.17) is 15.5 Å². The number of hydrogen-bond donors (Lipinski definition) is 0. The van der Waals surface area contributed by atoms with Gasteiger partial charge in [0, 0.05) is 6.61 Å². The Morgan fingerprint density at radius 3 is 2.00 bits per heavy atom.